The Hall–Kier alpha value is -2.99. The van der Waals surface area contributed by atoms with E-state index in [1.165, 1.54) is 26.3 Å². The van der Waals surface area contributed by atoms with Gasteiger partial charge in [0, 0.05) is 41.5 Å². The molecule has 8 atom stereocenters. The summed E-state index contributed by atoms with van der Waals surface area (Å²) >= 11 is 0. The van der Waals surface area contributed by atoms with E-state index in [-0.39, 0.29) is 43.0 Å². The van der Waals surface area contributed by atoms with Crippen molar-refractivity contribution in [3.8, 4) is 0 Å². The predicted molar refractivity (Wildman–Crippen MR) is 157 cm³/mol. The average molecular weight is 594 g/mol. The number of nitrogens with one attached hydrogen (secondary N) is 2. The van der Waals surface area contributed by atoms with Crippen LogP contribution in [0, 0.1) is 17.8 Å². The van der Waals surface area contributed by atoms with Crippen molar-refractivity contribution in [1.29, 1.82) is 0 Å². The maximum Gasteiger partial charge on any atom is 0.281 e. The number of nitrogens with zero attached hydrogens (tertiary/aromatic N) is 3. The smallest absolute Gasteiger partial charge is 0.281 e. The Morgan fingerprint density at radius 2 is 1.98 bits per heavy atom. The molecule has 11 heteroatoms. The summed E-state index contributed by atoms with van der Waals surface area (Å²) in [6, 6.07) is 4.61. The van der Waals surface area contributed by atoms with E-state index in [0.717, 1.165) is 11.9 Å². The first kappa shape index (κ1) is 28.8. The number of carbonyl (C=O) groups excluding carboxylic acids is 3. The van der Waals surface area contributed by atoms with Crippen molar-refractivity contribution in [3.05, 3.63) is 35.5 Å². The summed E-state index contributed by atoms with van der Waals surface area (Å²) in [7, 11) is 2.05. The zero-order chi connectivity index (χ0) is 30.6. The minimum Gasteiger partial charge on any atom is -0.374 e. The third kappa shape index (κ3) is 3.97. The Morgan fingerprint density at radius 3 is 2.70 bits per heavy atom. The first-order valence-electron chi connectivity index (χ1n) is 15.7. The number of aliphatic hydroxyl groups excluding tert-OH is 1. The van der Waals surface area contributed by atoms with Crippen LogP contribution in [-0.4, -0.2) is 97.2 Å². The molecule has 4 fully saturated rings. The van der Waals surface area contributed by atoms with Crippen molar-refractivity contribution in [1.82, 2.24) is 25.0 Å². The maximum absolute atomic E-state index is 14.4. The lowest BCUT2D eigenvalue weighted by Gasteiger charge is -2.49. The van der Waals surface area contributed by atoms with E-state index in [9.17, 15) is 24.6 Å². The van der Waals surface area contributed by atoms with Crippen LogP contribution in [0.2, 0.25) is 0 Å². The first-order valence-corrected chi connectivity index (χ1v) is 15.7. The van der Waals surface area contributed by atoms with Crippen molar-refractivity contribution in [2.45, 2.75) is 102 Å². The van der Waals surface area contributed by atoms with E-state index in [1.54, 1.807) is 13.8 Å². The molecule has 0 saturated carbocycles. The van der Waals surface area contributed by atoms with Gasteiger partial charge in [-0.1, -0.05) is 39.8 Å². The lowest BCUT2D eigenvalue weighted by Crippen LogP contribution is -2.72. The van der Waals surface area contributed by atoms with E-state index in [2.05, 4.69) is 46.6 Å². The van der Waals surface area contributed by atoms with Gasteiger partial charge in [-0.3, -0.25) is 24.0 Å². The molecule has 5 aliphatic rings. The van der Waals surface area contributed by atoms with Gasteiger partial charge in [0.15, 0.2) is 0 Å². The van der Waals surface area contributed by atoms with Crippen molar-refractivity contribution in [3.63, 3.8) is 0 Å². The third-order valence-electron chi connectivity index (χ3n) is 10.7. The summed E-state index contributed by atoms with van der Waals surface area (Å²) in [5.74, 6) is -4.28. The van der Waals surface area contributed by atoms with E-state index >= 15 is 0 Å². The van der Waals surface area contributed by atoms with E-state index in [4.69, 9.17) is 4.74 Å². The van der Waals surface area contributed by atoms with Crippen LogP contribution in [-0.2, 0) is 25.5 Å². The minimum atomic E-state index is -2.17. The van der Waals surface area contributed by atoms with Crippen molar-refractivity contribution in [2.24, 2.45) is 17.8 Å². The number of piperazine rings is 1. The number of benzene rings is 1. The standard InChI is InChI=1S/C32H43N5O6/c1-16(2)11-24-29(40)36-25(9-10-26(36)38)32(42)37(24)30(41)31(43-32,17(3)4)34-28(39)19-12-21-20-7-6-8-22-27(20)18(14-33-22)13-23(21)35(5)15-19/h6-8,14,16-17,19,21,23-26,33,38,42H,9-13,15H2,1-5H3,(H,34,39)/t19-,21-,23-,24+,25+,26-,31-,32+/m1/s1. The third-order valence-corrected chi connectivity index (χ3v) is 10.7. The lowest BCUT2D eigenvalue weighted by atomic mass is 9.72. The topological polar surface area (TPSA) is 138 Å². The van der Waals surface area contributed by atoms with Crippen LogP contribution >= 0.6 is 0 Å². The summed E-state index contributed by atoms with van der Waals surface area (Å²) in [6.07, 6.45) is 3.38. The number of carbonyl (C=O) groups is 3. The fraction of sp³-hybridized carbons (Fsp3) is 0.656. The Morgan fingerprint density at radius 1 is 1.21 bits per heavy atom. The zero-order valence-corrected chi connectivity index (χ0v) is 25.5. The molecule has 1 aromatic heterocycles. The van der Waals surface area contributed by atoms with Gasteiger partial charge in [0.25, 0.3) is 11.8 Å². The van der Waals surface area contributed by atoms with Gasteiger partial charge < -0.3 is 30.3 Å². The Bertz CT molecular complexity index is 1490. The molecule has 1 aromatic carbocycles. The van der Waals surface area contributed by atoms with Gasteiger partial charge in [0.1, 0.15) is 18.3 Å². The lowest BCUT2D eigenvalue weighted by molar-refractivity contribution is -0.326. The largest absolute Gasteiger partial charge is 0.374 e. The van der Waals surface area contributed by atoms with Crippen LogP contribution in [0.5, 0.6) is 0 Å². The number of hydrogen-bond donors (Lipinski definition) is 4. The number of likely N-dealkylation sites (tertiary alicyclic amines) is 1. The number of ether oxygens (including phenoxy) is 1. The minimum absolute atomic E-state index is 0.0251. The van der Waals surface area contributed by atoms with Crippen LogP contribution in [0.15, 0.2) is 24.4 Å². The average Bonchev–Trinajstić information content (AvgIpc) is 3.61. The van der Waals surface area contributed by atoms with Gasteiger partial charge in [-0.15, -0.1) is 0 Å². The van der Waals surface area contributed by atoms with E-state index < -0.39 is 53.6 Å². The molecule has 232 valence electrons. The Labute approximate surface area is 251 Å². The monoisotopic (exact) mass is 593 g/mol. The molecule has 0 radical (unpaired) electrons. The van der Waals surface area contributed by atoms with Crippen LogP contribution < -0.4 is 5.32 Å². The van der Waals surface area contributed by atoms with Gasteiger partial charge in [-0.05, 0) is 62.3 Å². The highest BCUT2D eigenvalue weighted by atomic mass is 16.7. The quantitative estimate of drug-likeness (QED) is 0.415. The number of hydrogen-bond acceptors (Lipinski definition) is 7. The second-order valence-corrected chi connectivity index (χ2v) is 14.1. The van der Waals surface area contributed by atoms with Gasteiger partial charge in [-0.25, -0.2) is 0 Å². The highest BCUT2D eigenvalue weighted by molar-refractivity contribution is 5.98. The summed E-state index contributed by atoms with van der Waals surface area (Å²) in [5, 5.41) is 27.1. The number of amides is 3. The molecule has 4 aliphatic heterocycles. The van der Waals surface area contributed by atoms with Crippen molar-refractivity contribution in [2.75, 3.05) is 13.6 Å². The molecule has 0 bridgehead atoms. The first-order chi connectivity index (χ1) is 20.4. The molecule has 3 amide bonds. The molecule has 11 nitrogen and oxygen atoms in total. The van der Waals surface area contributed by atoms with Gasteiger partial charge >= 0.3 is 0 Å². The van der Waals surface area contributed by atoms with Crippen molar-refractivity contribution < 1.29 is 29.3 Å². The Balaban J connectivity index is 1.21. The molecule has 1 aliphatic carbocycles. The van der Waals surface area contributed by atoms with Crippen LogP contribution in [0.25, 0.3) is 10.9 Å². The molecular weight excluding hydrogens is 550 g/mol. The van der Waals surface area contributed by atoms with Crippen LogP contribution in [0.1, 0.15) is 70.4 Å². The molecule has 4 N–H and O–H groups in total. The molecule has 0 unspecified atom stereocenters. The molecular formula is C32H43N5O6. The number of likely N-dealkylation sites (N-methyl/N-ethyl adjacent to an activating group) is 1. The van der Waals surface area contributed by atoms with Crippen LogP contribution in [0.3, 0.4) is 0 Å². The highest BCUT2D eigenvalue weighted by Crippen LogP contribution is 2.50. The highest BCUT2D eigenvalue weighted by Gasteiger charge is 2.72. The number of fused-ring (bicyclic) bond motifs is 5. The van der Waals surface area contributed by atoms with E-state index in [0.29, 0.717) is 13.0 Å². The summed E-state index contributed by atoms with van der Waals surface area (Å²) < 4.78 is 6.39. The van der Waals surface area contributed by atoms with Gasteiger partial charge in [-0.2, -0.15) is 0 Å². The predicted octanol–water partition coefficient (Wildman–Crippen LogP) is 1.84. The van der Waals surface area contributed by atoms with Gasteiger partial charge in [0.05, 0.1) is 5.92 Å². The number of H-pyrrole nitrogens is 1. The maximum atomic E-state index is 14.4. The van der Waals surface area contributed by atoms with Gasteiger partial charge in [0.2, 0.25) is 17.5 Å². The molecule has 7 rings (SSSR count). The number of piperidine rings is 1. The molecule has 43 heavy (non-hydrogen) atoms. The summed E-state index contributed by atoms with van der Waals surface area (Å²) in [4.78, 5) is 50.4. The number of aromatic amines is 1. The van der Waals surface area contributed by atoms with Crippen LogP contribution in [0.4, 0.5) is 0 Å². The molecule has 5 heterocycles. The number of aliphatic hydroxyl groups is 2. The fourth-order valence-electron chi connectivity index (χ4n) is 8.65. The second-order valence-electron chi connectivity index (χ2n) is 14.1. The summed E-state index contributed by atoms with van der Waals surface area (Å²) in [5.41, 5.74) is 1.78. The second kappa shape index (κ2) is 9.76. The number of rotatable bonds is 5. The molecule has 2 aromatic rings. The number of aromatic nitrogens is 1. The van der Waals surface area contributed by atoms with E-state index in [1.807, 2.05) is 13.8 Å². The summed E-state index contributed by atoms with van der Waals surface area (Å²) in [6.45, 7) is 7.95. The SMILES string of the molecule is CC(C)C[C@H]1C(=O)N2[C@H](O)CC[C@H]2[C@]2(O)O[C@](NC(=O)[C@@H]3C[C@@H]4c5cccc6[nH]cc(c56)C[C@H]4N(C)C3)(C(C)C)C(=O)N12. The normalized spacial score (nSPS) is 37.3. The molecule has 4 saturated heterocycles. The zero-order valence-electron chi connectivity index (χ0n) is 25.5. The Kier molecular flexibility index (Phi) is 6.52. The van der Waals surface area contributed by atoms with Crippen molar-refractivity contribution >= 4 is 28.6 Å². The molecule has 0 spiro atoms. The fourth-order valence-corrected chi connectivity index (χ4v) is 8.65.